The van der Waals surface area contributed by atoms with Gasteiger partial charge in [-0.2, -0.15) is 0 Å². The van der Waals surface area contributed by atoms with Crippen molar-refractivity contribution in [1.82, 2.24) is 5.32 Å². The van der Waals surface area contributed by atoms with Crippen molar-refractivity contribution in [2.45, 2.75) is 19.3 Å². The molecule has 3 N–H and O–H groups in total. The standard InChI is InChI=1S/C13H19NO4/c15-6-2-1-5-14-12(16)10-8-3-4-9(7-8)11(10)13(17)18/h3-4,8-11,15H,1-2,5-7H2,(H,14,16)(H,17,18). The molecule has 2 aliphatic carbocycles. The molecule has 1 saturated carbocycles. The fourth-order valence-electron chi connectivity index (χ4n) is 3.08. The highest BCUT2D eigenvalue weighted by molar-refractivity contribution is 5.86. The molecule has 100 valence electrons. The third kappa shape index (κ3) is 2.41. The Hall–Kier alpha value is -1.36. The van der Waals surface area contributed by atoms with Crippen molar-refractivity contribution in [2.75, 3.05) is 13.2 Å². The average molecular weight is 253 g/mol. The van der Waals surface area contributed by atoms with Crippen molar-refractivity contribution < 1.29 is 19.8 Å². The van der Waals surface area contributed by atoms with Gasteiger partial charge in [0.15, 0.2) is 0 Å². The maximum atomic E-state index is 12.0. The highest BCUT2D eigenvalue weighted by atomic mass is 16.4. The van der Waals surface area contributed by atoms with Gasteiger partial charge in [0.25, 0.3) is 0 Å². The highest BCUT2D eigenvalue weighted by Crippen LogP contribution is 2.48. The number of carboxylic acids is 1. The summed E-state index contributed by atoms with van der Waals surface area (Å²) in [5.41, 5.74) is 0. The summed E-state index contributed by atoms with van der Waals surface area (Å²) in [5.74, 6) is -1.93. The summed E-state index contributed by atoms with van der Waals surface area (Å²) in [4.78, 5) is 23.3. The van der Waals surface area contributed by atoms with Gasteiger partial charge in [0, 0.05) is 13.2 Å². The molecule has 0 aromatic rings. The number of aliphatic hydroxyl groups is 1. The zero-order chi connectivity index (χ0) is 13.1. The predicted molar refractivity (Wildman–Crippen MR) is 64.7 cm³/mol. The molecule has 0 aromatic carbocycles. The Morgan fingerprint density at radius 3 is 2.44 bits per heavy atom. The minimum atomic E-state index is -0.873. The van der Waals surface area contributed by atoms with Gasteiger partial charge < -0.3 is 15.5 Å². The van der Waals surface area contributed by atoms with E-state index in [1.165, 1.54) is 0 Å². The van der Waals surface area contributed by atoms with E-state index in [1.54, 1.807) is 0 Å². The van der Waals surface area contributed by atoms with Gasteiger partial charge in [-0.25, -0.2) is 0 Å². The van der Waals surface area contributed by atoms with Crippen LogP contribution in [0.2, 0.25) is 0 Å². The fourth-order valence-corrected chi connectivity index (χ4v) is 3.08. The second kappa shape index (κ2) is 5.52. The van der Waals surface area contributed by atoms with E-state index in [2.05, 4.69) is 5.32 Å². The van der Waals surface area contributed by atoms with E-state index in [0.717, 1.165) is 12.8 Å². The minimum Gasteiger partial charge on any atom is -0.481 e. The maximum absolute atomic E-state index is 12.0. The second-order valence-corrected chi connectivity index (χ2v) is 5.06. The number of aliphatic carboxylic acids is 1. The van der Waals surface area contributed by atoms with Crippen LogP contribution in [0.3, 0.4) is 0 Å². The summed E-state index contributed by atoms with van der Waals surface area (Å²) in [6.45, 7) is 0.619. The van der Waals surface area contributed by atoms with Crippen LogP contribution in [0.25, 0.3) is 0 Å². The summed E-state index contributed by atoms with van der Waals surface area (Å²) in [6.07, 6.45) is 6.06. The Morgan fingerprint density at radius 1 is 1.17 bits per heavy atom. The van der Waals surface area contributed by atoms with Crippen molar-refractivity contribution in [3.8, 4) is 0 Å². The fraction of sp³-hybridized carbons (Fsp3) is 0.692. The summed E-state index contributed by atoms with van der Waals surface area (Å²) >= 11 is 0. The Bertz CT molecular complexity index is 366. The van der Waals surface area contributed by atoms with E-state index < -0.39 is 17.8 Å². The zero-order valence-corrected chi connectivity index (χ0v) is 10.2. The van der Waals surface area contributed by atoms with Crippen LogP contribution in [-0.2, 0) is 9.59 Å². The Balaban J connectivity index is 1.92. The summed E-state index contributed by atoms with van der Waals surface area (Å²) in [5, 5.41) is 20.6. The van der Waals surface area contributed by atoms with Crippen molar-refractivity contribution in [1.29, 1.82) is 0 Å². The molecule has 0 radical (unpaired) electrons. The van der Waals surface area contributed by atoms with Crippen LogP contribution in [0.5, 0.6) is 0 Å². The molecule has 0 saturated heterocycles. The first-order valence-corrected chi connectivity index (χ1v) is 6.45. The number of aliphatic hydroxyl groups excluding tert-OH is 1. The number of rotatable bonds is 6. The molecule has 2 rings (SSSR count). The molecule has 2 bridgehead atoms. The van der Waals surface area contributed by atoms with Crippen molar-refractivity contribution in [3.63, 3.8) is 0 Å². The first-order valence-electron chi connectivity index (χ1n) is 6.45. The Morgan fingerprint density at radius 2 is 1.83 bits per heavy atom. The molecule has 4 unspecified atom stereocenters. The lowest BCUT2D eigenvalue weighted by Crippen LogP contribution is -2.40. The Kier molecular flexibility index (Phi) is 4.01. The van der Waals surface area contributed by atoms with Gasteiger partial charge in [-0.1, -0.05) is 12.2 Å². The summed E-state index contributed by atoms with van der Waals surface area (Å²) in [7, 11) is 0. The third-order valence-electron chi connectivity index (χ3n) is 3.93. The average Bonchev–Trinajstić information content (AvgIpc) is 2.94. The topological polar surface area (TPSA) is 86.6 Å². The van der Waals surface area contributed by atoms with Gasteiger partial charge in [-0.15, -0.1) is 0 Å². The number of carbonyl (C=O) groups excluding carboxylic acids is 1. The lowest BCUT2D eigenvalue weighted by atomic mass is 9.82. The molecule has 0 spiro atoms. The number of nitrogens with one attached hydrogen (secondary N) is 1. The Labute approximate surface area is 106 Å². The first kappa shape index (κ1) is 13.1. The van der Waals surface area contributed by atoms with E-state index in [1.807, 2.05) is 12.2 Å². The molecular weight excluding hydrogens is 234 g/mol. The monoisotopic (exact) mass is 253 g/mol. The molecule has 1 amide bonds. The number of hydrogen-bond acceptors (Lipinski definition) is 3. The summed E-state index contributed by atoms with van der Waals surface area (Å²) < 4.78 is 0. The molecule has 0 aromatic heterocycles. The number of fused-ring (bicyclic) bond motifs is 2. The molecule has 5 nitrogen and oxygen atoms in total. The predicted octanol–water partition coefficient (Wildman–Crippen LogP) is 0.398. The SMILES string of the molecule is O=C(O)C1C2C=CC(C2)C1C(=O)NCCCCO. The van der Waals surface area contributed by atoms with Gasteiger partial charge in [0.05, 0.1) is 11.8 Å². The number of allylic oxidation sites excluding steroid dienone is 2. The van der Waals surface area contributed by atoms with Crippen molar-refractivity contribution in [2.24, 2.45) is 23.7 Å². The molecule has 2 aliphatic rings. The molecule has 4 atom stereocenters. The van der Waals surface area contributed by atoms with Crippen LogP contribution in [0, 0.1) is 23.7 Å². The van der Waals surface area contributed by atoms with Crippen molar-refractivity contribution >= 4 is 11.9 Å². The lowest BCUT2D eigenvalue weighted by molar-refractivity contribution is -0.147. The molecule has 0 aliphatic heterocycles. The number of carbonyl (C=O) groups is 2. The van der Waals surface area contributed by atoms with Crippen LogP contribution < -0.4 is 5.32 Å². The first-order chi connectivity index (χ1) is 8.65. The van der Waals surface area contributed by atoms with Crippen LogP contribution in [0.15, 0.2) is 12.2 Å². The molecule has 0 heterocycles. The normalized spacial score (nSPS) is 32.7. The van der Waals surface area contributed by atoms with Gasteiger partial charge in [0.2, 0.25) is 5.91 Å². The van der Waals surface area contributed by atoms with E-state index in [4.69, 9.17) is 5.11 Å². The van der Waals surface area contributed by atoms with Crippen LogP contribution >= 0.6 is 0 Å². The molecule has 18 heavy (non-hydrogen) atoms. The second-order valence-electron chi connectivity index (χ2n) is 5.06. The van der Waals surface area contributed by atoms with Gasteiger partial charge >= 0.3 is 5.97 Å². The van der Waals surface area contributed by atoms with Gasteiger partial charge in [-0.05, 0) is 31.1 Å². The smallest absolute Gasteiger partial charge is 0.307 e. The minimum absolute atomic E-state index is 0.0145. The van der Waals surface area contributed by atoms with E-state index in [9.17, 15) is 14.7 Å². The number of hydrogen-bond donors (Lipinski definition) is 3. The highest BCUT2D eigenvalue weighted by Gasteiger charge is 2.51. The number of amides is 1. The maximum Gasteiger partial charge on any atom is 0.307 e. The van der Waals surface area contributed by atoms with Crippen LogP contribution in [0.4, 0.5) is 0 Å². The van der Waals surface area contributed by atoms with E-state index in [-0.39, 0.29) is 24.3 Å². The number of carboxylic acid groups (broad SMARTS) is 1. The van der Waals surface area contributed by atoms with E-state index in [0.29, 0.717) is 13.0 Å². The third-order valence-corrected chi connectivity index (χ3v) is 3.93. The van der Waals surface area contributed by atoms with E-state index >= 15 is 0 Å². The van der Waals surface area contributed by atoms with Crippen LogP contribution in [-0.4, -0.2) is 35.2 Å². The quantitative estimate of drug-likeness (QED) is 0.472. The zero-order valence-electron chi connectivity index (χ0n) is 10.2. The summed E-state index contributed by atoms with van der Waals surface area (Å²) in [6, 6.07) is 0. The molecule has 1 fully saturated rings. The molecule has 5 heteroatoms. The van der Waals surface area contributed by atoms with Gasteiger partial charge in [0.1, 0.15) is 0 Å². The van der Waals surface area contributed by atoms with Gasteiger partial charge in [-0.3, -0.25) is 9.59 Å². The van der Waals surface area contributed by atoms with Crippen LogP contribution in [0.1, 0.15) is 19.3 Å². The molecular formula is C13H19NO4. The number of unbranched alkanes of at least 4 members (excludes halogenated alkanes) is 1. The lowest BCUT2D eigenvalue weighted by Gasteiger charge is -2.23. The van der Waals surface area contributed by atoms with Crippen molar-refractivity contribution in [3.05, 3.63) is 12.2 Å². The largest absolute Gasteiger partial charge is 0.481 e.